The van der Waals surface area contributed by atoms with Crippen molar-refractivity contribution in [3.63, 3.8) is 0 Å². The van der Waals surface area contributed by atoms with E-state index >= 15 is 0 Å². The molecular weight excluding hydrogens is 451 g/mol. The van der Waals surface area contributed by atoms with E-state index in [9.17, 15) is 18.0 Å². The molecular formula is C20H22Cl2N2O5S. The highest BCUT2D eigenvalue weighted by Crippen LogP contribution is 2.24. The summed E-state index contributed by atoms with van der Waals surface area (Å²) >= 11 is 12.1. The van der Waals surface area contributed by atoms with Gasteiger partial charge in [0.05, 0.1) is 15.5 Å². The van der Waals surface area contributed by atoms with E-state index in [2.05, 4.69) is 5.32 Å². The number of benzene rings is 2. The van der Waals surface area contributed by atoms with Crippen molar-refractivity contribution >= 4 is 50.8 Å². The van der Waals surface area contributed by atoms with Crippen LogP contribution in [-0.2, 0) is 19.6 Å². The minimum Gasteiger partial charge on any atom is -0.452 e. The number of hydrogen-bond donors (Lipinski definition) is 1. The Morgan fingerprint density at radius 1 is 1.03 bits per heavy atom. The van der Waals surface area contributed by atoms with Crippen LogP contribution in [0, 0.1) is 6.92 Å². The number of esters is 1. The number of aryl methyl sites for hydroxylation is 1. The molecule has 0 aliphatic heterocycles. The van der Waals surface area contributed by atoms with Gasteiger partial charge in [0.2, 0.25) is 10.0 Å². The summed E-state index contributed by atoms with van der Waals surface area (Å²) < 4.78 is 31.6. The van der Waals surface area contributed by atoms with Gasteiger partial charge < -0.3 is 10.1 Å². The number of carbonyl (C=O) groups is 2. The lowest BCUT2D eigenvalue weighted by molar-refractivity contribution is -0.119. The van der Waals surface area contributed by atoms with Crippen LogP contribution in [0.5, 0.6) is 0 Å². The van der Waals surface area contributed by atoms with Crippen LogP contribution in [-0.4, -0.2) is 44.3 Å². The van der Waals surface area contributed by atoms with Gasteiger partial charge in [-0.05, 0) is 42.8 Å². The summed E-state index contributed by atoms with van der Waals surface area (Å²) in [6, 6.07) is 8.76. The van der Waals surface area contributed by atoms with Gasteiger partial charge in [-0.3, -0.25) is 4.79 Å². The third-order valence-corrected chi connectivity index (χ3v) is 7.07. The lowest BCUT2D eigenvalue weighted by atomic mass is 10.2. The zero-order valence-electron chi connectivity index (χ0n) is 16.7. The summed E-state index contributed by atoms with van der Waals surface area (Å²) in [4.78, 5) is 24.4. The Labute approximate surface area is 186 Å². The largest absolute Gasteiger partial charge is 0.452 e. The van der Waals surface area contributed by atoms with Crippen molar-refractivity contribution in [1.29, 1.82) is 0 Å². The van der Waals surface area contributed by atoms with Gasteiger partial charge in [0.15, 0.2) is 6.61 Å². The molecule has 2 aromatic rings. The fourth-order valence-corrected chi connectivity index (χ4v) is 4.47. The van der Waals surface area contributed by atoms with E-state index < -0.39 is 28.5 Å². The molecule has 0 fully saturated rings. The Kier molecular flexibility index (Phi) is 8.25. The molecule has 2 rings (SSSR count). The Morgan fingerprint density at radius 3 is 2.30 bits per heavy atom. The molecule has 0 saturated carbocycles. The third-order valence-electron chi connectivity index (χ3n) is 4.29. The molecule has 0 aliphatic carbocycles. The van der Waals surface area contributed by atoms with Gasteiger partial charge in [0.25, 0.3) is 5.91 Å². The van der Waals surface area contributed by atoms with E-state index in [1.54, 1.807) is 32.0 Å². The fourth-order valence-electron chi connectivity index (χ4n) is 2.61. The van der Waals surface area contributed by atoms with Gasteiger partial charge in [0, 0.05) is 23.8 Å². The number of nitrogens with one attached hydrogen (secondary N) is 1. The van der Waals surface area contributed by atoms with Crippen LogP contribution < -0.4 is 5.32 Å². The normalized spacial score (nSPS) is 11.4. The second-order valence-corrected chi connectivity index (χ2v) is 9.07. The number of hydrogen-bond acceptors (Lipinski definition) is 5. The summed E-state index contributed by atoms with van der Waals surface area (Å²) in [7, 11) is -3.78. The monoisotopic (exact) mass is 472 g/mol. The van der Waals surface area contributed by atoms with Crippen LogP contribution in [0.2, 0.25) is 10.0 Å². The molecule has 30 heavy (non-hydrogen) atoms. The van der Waals surface area contributed by atoms with E-state index in [-0.39, 0.29) is 28.6 Å². The van der Waals surface area contributed by atoms with E-state index in [1.807, 2.05) is 6.92 Å². The number of nitrogens with zero attached hydrogens (tertiary/aromatic N) is 1. The number of halogens is 2. The molecule has 0 aromatic heterocycles. The van der Waals surface area contributed by atoms with E-state index in [0.29, 0.717) is 10.7 Å². The van der Waals surface area contributed by atoms with Crippen molar-refractivity contribution in [2.24, 2.45) is 0 Å². The average Bonchev–Trinajstić information content (AvgIpc) is 2.70. The van der Waals surface area contributed by atoms with Crippen molar-refractivity contribution in [3.8, 4) is 0 Å². The standard InChI is InChI=1S/C20H22Cl2N2O5S/c1-4-24(5-2)30(27,28)15-8-9-17(21)16(11-15)20(26)29-12-19(25)23-14-7-6-13(3)18(22)10-14/h6-11H,4-5,12H2,1-3H3,(H,23,25). The maximum Gasteiger partial charge on any atom is 0.340 e. The number of amides is 1. The maximum absolute atomic E-state index is 12.7. The minimum atomic E-state index is -3.78. The van der Waals surface area contributed by atoms with Crippen molar-refractivity contribution in [2.75, 3.05) is 25.0 Å². The molecule has 0 heterocycles. The summed E-state index contributed by atoms with van der Waals surface area (Å²) in [5, 5.41) is 3.07. The molecule has 0 unspecified atom stereocenters. The highest BCUT2D eigenvalue weighted by Gasteiger charge is 2.24. The van der Waals surface area contributed by atoms with Gasteiger partial charge in [-0.25, -0.2) is 13.2 Å². The molecule has 0 aliphatic rings. The zero-order chi connectivity index (χ0) is 22.5. The summed E-state index contributed by atoms with van der Waals surface area (Å²) in [5.41, 5.74) is 1.17. The van der Waals surface area contributed by atoms with Gasteiger partial charge >= 0.3 is 5.97 Å². The molecule has 162 valence electrons. The van der Waals surface area contributed by atoms with Gasteiger partial charge in [-0.2, -0.15) is 4.31 Å². The van der Waals surface area contributed by atoms with Crippen molar-refractivity contribution < 1.29 is 22.7 Å². The molecule has 1 N–H and O–H groups in total. The Balaban J connectivity index is 2.11. The van der Waals surface area contributed by atoms with E-state index in [4.69, 9.17) is 27.9 Å². The summed E-state index contributed by atoms with van der Waals surface area (Å²) in [6.07, 6.45) is 0. The second kappa shape index (κ2) is 10.3. The topological polar surface area (TPSA) is 92.8 Å². The number of rotatable bonds is 8. The Hall–Kier alpha value is -2.13. The smallest absolute Gasteiger partial charge is 0.340 e. The molecule has 10 heteroatoms. The lowest BCUT2D eigenvalue weighted by Gasteiger charge is -2.19. The van der Waals surface area contributed by atoms with Crippen LogP contribution in [0.25, 0.3) is 0 Å². The quantitative estimate of drug-likeness (QED) is 0.582. The number of sulfonamides is 1. The van der Waals surface area contributed by atoms with Crippen molar-refractivity contribution in [1.82, 2.24) is 4.31 Å². The van der Waals surface area contributed by atoms with Crippen LogP contribution in [0.1, 0.15) is 29.8 Å². The van der Waals surface area contributed by atoms with Gasteiger partial charge in [-0.15, -0.1) is 0 Å². The Bertz CT molecular complexity index is 1050. The molecule has 1 amide bonds. The first kappa shape index (κ1) is 24.1. The predicted octanol–water partition coefficient (Wildman–Crippen LogP) is 4.13. The highest BCUT2D eigenvalue weighted by atomic mass is 35.5. The van der Waals surface area contributed by atoms with Gasteiger partial charge in [-0.1, -0.05) is 43.1 Å². The molecule has 0 bridgehead atoms. The molecule has 0 spiro atoms. The molecule has 7 nitrogen and oxygen atoms in total. The third kappa shape index (κ3) is 5.72. The first-order chi connectivity index (χ1) is 14.1. The first-order valence-electron chi connectivity index (χ1n) is 9.13. The summed E-state index contributed by atoms with van der Waals surface area (Å²) in [5.74, 6) is -1.49. The average molecular weight is 473 g/mol. The van der Waals surface area contributed by atoms with Crippen LogP contribution >= 0.6 is 23.2 Å². The predicted molar refractivity (Wildman–Crippen MR) is 117 cm³/mol. The van der Waals surface area contributed by atoms with E-state index in [0.717, 1.165) is 11.6 Å². The van der Waals surface area contributed by atoms with Crippen molar-refractivity contribution in [3.05, 3.63) is 57.6 Å². The molecule has 0 atom stereocenters. The highest BCUT2D eigenvalue weighted by molar-refractivity contribution is 7.89. The fraction of sp³-hybridized carbons (Fsp3) is 0.300. The number of anilines is 1. The molecule has 2 aromatic carbocycles. The van der Waals surface area contributed by atoms with Crippen LogP contribution in [0.4, 0.5) is 5.69 Å². The van der Waals surface area contributed by atoms with Crippen molar-refractivity contribution in [2.45, 2.75) is 25.7 Å². The second-order valence-electron chi connectivity index (χ2n) is 6.32. The molecule has 0 saturated heterocycles. The zero-order valence-corrected chi connectivity index (χ0v) is 19.1. The van der Waals surface area contributed by atoms with Gasteiger partial charge in [0.1, 0.15) is 0 Å². The number of ether oxygens (including phenoxy) is 1. The maximum atomic E-state index is 12.7. The molecule has 0 radical (unpaired) electrons. The summed E-state index contributed by atoms with van der Waals surface area (Å²) in [6.45, 7) is 5.24. The first-order valence-corrected chi connectivity index (χ1v) is 11.3. The van der Waals surface area contributed by atoms with Crippen LogP contribution in [0.3, 0.4) is 0 Å². The Morgan fingerprint density at radius 2 is 1.70 bits per heavy atom. The van der Waals surface area contributed by atoms with E-state index in [1.165, 1.54) is 16.4 Å². The van der Waals surface area contributed by atoms with Crippen LogP contribution in [0.15, 0.2) is 41.3 Å². The number of carbonyl (C=O) groups excluding carboxylic acids is 2. The lowest BCUT2D eigenvalue weighted by Crippen LogP contribution is -2.30. The SMILES string of the molecule is CCN(CC)S(=O)(=O)c1ccc(Cl)c(C(=O)OCC(=O)Nc2ccc(C)c(Cl)c2)c1. The minimum absolute atomic E-state index is 0.0178.